The van der Waals surface area contributed by atoms with Crippen LogP contribution < -0.4 is 10.1 Å². The van der Waals surface area contributed by atoms with Gasteiger partial charge in [-0.3, -0.25) is 14.9 Å². The van der Waals surface area contributed by atoms with Crippen molar-refractivity contribution in [3.05, 3.63) is 51.5 Å². The van der Waals surface area contributed by atoms with E-state index in [9.17, 15) is 23.3 Å². The maximum absolute atomic E-state index is 11.7. The molecule has 0 aliphatic rings. The molecule has 2 aromatic carbocycles. The fourth-order valence-corrected chi connectivity index (χ4v) is 3.59. The van der Waals surface area contributed by atoms with Gasteiger partial charge in [0.1, 0.15) is 23.8 Å². The maximum atomic E-state index is 11.7. The minimum Gasteiger partial charge on any atom is -0.465 e. The Labute approximate surface area is 189 Å². The second-order valence-electron chi connectivity index (χ2n) is 6.29. The van der Waals surface area contributed by atoms with Crippen molar-refractivity contribution in [1.82, 2.24) is 0 Å². The molecule has 168 valence electrons. The topological polar surface area (TPSA) is 125 Å². The Morgan fingerprint density at radius 1 is 1.26 bits per heavy atom. The van der Waals surface area contributed by atoms with E-state index in [1.807, 2.05) is 6.26 Å². The van der Waals surface area contributed by atoms with Gasteiger partial charge in [0.25, 0.3) is 5.69 Å². The summed E-state index contributed by atoms with van der Waals surface area (Å²) in [5.74, 6) is 0.711. The minimum atomic E-state index is -3.43. The van der Waals surface area contributed by atoms with Crippen molar-refractivity contribution in [2.24, 2.45) is 0 Å². The number of sulfone groups is 1. The van der Waals surface area contributed by atoms with Crippen LogP contribution in [0.1, 0.15) is 6.42 Å². The number of nitrogens with one attached hydrogen (secondary N) is 1. The van der Waals surface area contributed by atoms with Crippen molar-refractivity contribution >= 4 is 50.5 Å². The molecule has 0 fully saturated rings. The summed E-state index contributed by atoms with van der Waals surface area (Å²) < 4.78 is 33.9. The third-order valence-electron chi connectivity index (χ3n) is 3.92. The van der Waals surface area contributed by atoms with Gasteiger partial charge in [0, 0.05) is 30.7 Å². The summed E-state index contributed by atoms with van der Waals surface area (Å²) in [6.45, 7) is 0.439. The highest BCUT2D eigenvalue weighted by molar-refractivity contribution is 7.98. The molecule has 0 radical (unpaired) electrons. The van der Waals surface area contributed by atoms with Gasteiger partial charge in [0.2, 0.25) is 0 Å². The van der Waals surface area contributed by atoms with Crippen LogP contribution in [0.25, 0.3) is 0 Å². The standard InChI is InChI=1S/C19H21ClN2O7S2/c1-30-10-9-28-19(23)7-8-21-16-11-13(3-5-17(16)22(24)25)29-18-6-4-14(12-15(18)20)31(2,26)27/h3-6,11-12,21H,7-10H2,1-2H3. The normalized spacial score (nSPS) is 11.1. The first kappa shape index (κ1) is 24.8. The van der Waals surface area contributed by atoms with Crippen molar-refractivity contribution in [1.29, 1.82) is 0 Å². The molecule has 0 atom stereocenters. The highest BCUT2D eigenvalue weighted by atomic mass is 35.5. The van der Waals surface area contributed by atoms with Crippen molar-refractivity contribution < 1.29 is 27.6 Å². The highest BCUT2D eigenvalue weighted by Gasteiger charge is 2.17. The van der Waals surface area contributed by atoms with E-state index in [1.54, 1.807) is 11.8 Å². The van der Waals surface area contributed by atoms with Crippen LogP contribution >= 0.6 is 23.4 Å². The second-order valence-corrected chi connectivity index (χ2v) is 9.70. The number of thioether (sulfide) groups is 1. The molecule has 9 nitrogen and oxygen atoms in total. The van der Waals surface area contributed by atoms with Crippen molar-refractivity contribution in [3.63, 3.8) is 0 Å². The SMILES string of the molecule is CSCCOC(=O)CCNc1cc(Oc2ccc(S(C)(=O)=O)cc2Cl)ccc1[N+](=O)[O-]. The zero-order valence-electron chi connectivity index (χ0n) is 16.8. The Hall–Kier alpha value is -2.50. The van der Waals surface area contributed by atoms with Gasteiger partial charge in [-0.2, -0.15) is 11.8 Å². The van der Waals surface area contributed by atoms with Gasteiger partial charge in [0.05, 0.1) is 21.3 Å². The highest BCUT2D eigenvalue weighted by Crippen LogP contribution is 2.35. The number of benzene rings is 2. The van der Waals surface area contributed by atoms with E-state index >= 15 is 0 Å². The first-order chi connectivity index (χ1) is 14.6. The first-order valence-corrected chi connectivity index (χ1v) is 12.6. The molecule has 0 aliphatic carbocycles. The lowest BCUT2D eigenvalue weighted by Gasteiger charge is -2.12. The number of hydrogen-bond donors (Lipinski definition) is 1. The quantitative estimate of drug-likeness (QED) is 0.215. The van der Waals surface area contributed by atoms with E-state index in [0.29, 0.717) is 12.4 Å². The molecular formula is C19H21ClN2O7S2. The molecule has 0 unspecified atom stereocenters. The summed E-state index contributed by atoms with van der Waals surface area (Å²) in [6, 6.07) is 8.06. The smallest absolute Gasteiger partial charge is 0.307 e. The number of carbonyl (C=O) groups excluding carboxylic acids is 1. The van der Waals surface area contributed by atoms with Crippen molar-refractivity contribution in [2.45, 2.75) is 11.3 Å². The zero-order chi connectivity index (χ0) is 23.0. The minimum absolute atomic E-state index is 0.0371. The fraction of sp³-hybridized carbons (Fsp3) is 0.316. The van der Waals surface area contributed by atoms with Gasteiger partial charge in [-0.05, 0) is 30.5 Å². The Balaban J connectivity index is 2.12. The zero-order valence-corrected chi connectivity index (χ0v) is 19.2. The van der Waals surface area contributed by atoms with E-state index in [1.165, 1.54) is 36.4 Å². The van der Waals surface area contributed by atoms with E-state index in [4.69, 9.17) is 21.1 Å². The summed E-state index contributed by atoms with van der Waals surface area (Å²) in [6.07, 6.45) is 3.00. The molecule has 12 heteroatoms. The molecule has 0 saturated carbocycles. The van der Waals surface area contributed by atoms with Gasteiger partial charge >= 0.3 is 5.97 Å². The predicted molar refractivity (Wildman–Crippen MR) is 120 cm³/mol. The Morgan fingerprint density at radius 2 is 2.00 bits per heavy atom. The Morgan fingerprint density at radius 3 is 2.61 bits per heavy atom. The predicted octanol–water partition coefficient (Wildman–Crippen LogP) is 4.15. The number of halogens is 1. The van der Waals surface area contributed by atoms with E-state index in [-0.39, 0.29) is 45.8 Å². The number of nitro benzene ring substituents is 1. The van der Waals surface area contributed by atoms with Crippen LogP contribution in [-0.4, -0.2) is 50.7 Å². The van der Waals surface area contributed by atoms with Crippen LogP contribution in [0.3, 0.4) is 0 Å². The molecule has 0 saturated heterocycles. The summed E-state index contributed by atoms with van der Waals surface area (Å²) in [5, 5.41) is 14.2. The van der Waals surface area contributed by atoms with Crippen LogP contribution in [-0.2, 0) is 19.4 Å². The van der Waals surface area contributed by atoms with Gasteiger partial charge in [-0.25, -0.2) is 8.42 Å². The first-order valence-electron chi connectivity index (χ1n) is 8.96. The summed E-state index contributed by atoms with van der Waals surface area (Å²) >= 11 is 7.66. The van der Waals surface area contributed by atoms with Gasteiger partial charge < -0.3 is 14.8 Å². The van der Waals surface area contributed by atoms with Crippen molar-refractivity contribution in [3.8, 4) is 11.5 Å². The van der Waals surface area contributed by atoms with Crippen LogP contribution in [0.4, 0.5) is 11.4 Å². The van der Waals surface area contributed by atoms with Gasteiger partial charge in [-0.15, -0.1) is 0 Å². The number of ether oxygens (including phenoxy) is 2. The molecule has 0 aliphatic heterocycles. The number of esters is 1. The number of hydrogen-bond acceptors (Lipinski definition) is 9. The molecule has 0 spiro atoms. The lowest BCUT2D eigenvalue weighted by atomic mass is 10.2. The van der Waals surface area contributed by atoms with Gasteiger partial charge in [-0.1, -0.05) is 11.6 Å². The number of nitro groups is 1. The monoisotopic (exact) mass is 488 g/mol. The number of anilines is 1. The van der Waals surface area contributed by atoms with Crippen molar-refractivity contribution in [2.75, 3.05) is 36.7 Å². The van der Waals surface area contributed by atoms with Crippen LogP contribution in [0.5, 0.6) is 11.5 Å². The second kappa shape index (κ2) is 11.2. The Bertz CT molecular complexity index is 1060. The maximum Gasteiger partial charge on any atom is 0.307 e. The molecule has 0 bridgehead atoms. The molecule has 0 aromatic heterocycles. The van der Waals surface area contributed by atoms with Gasteiger partial charge in [0.15, 0.2) is 9.84 Å². The number of rotatable bonds is 11. The third-order valence-corrected chi connectivity index (χ3v) is 5.90. The number of carbonyl (C=O) groups is 1. The van der Waals surface area contributed by atoms with E-state index < -0.39 is 20.7 Å². The average Bonchev–Trinajstić information content (AvgIpc) is 2.69. The lowest BCUT2D eigenvalue weighted by molar-refractivity contribution is -0.384. The van der Waals surface area contributed by atoms with Crippen LogP contribution in [0.15, 0.2) is 41.3 Å². The van der Waals surface area contributed by atoms with Crippen LogP contribution in [0, 0.1) is 10.1 Å². The van der Waals surface area contributed by atoms with E-state index in [2.05, 4.69) is 5.32 Å². The van der Waals surface area contributed by atoms with E-state index in [0.717, 1.165) is 6.26 Å². The average molecular weight is 489 g/mol. The molecule has 0 heterocycles. The molecular weight excluding hydrogens is 468 g/mol. The number of nitrogens with zero attached hydrogens (tertiary/aromatic N) is 1. The summed E-state index contributed by atoms with van der Waals surface area (Å²) in [5.41, 5.74) is -0.0371. The summed E-state index contributed by atoms with van der Waals surface area (Å²) in [7, 11) is -3.43. The largest absolute Gasteiger partial charge is 0.465 e. The summed E-state index contributed by atoms with van der Waals surface area (Å²) in [4.78, 5) is 22.5. The lowest BCUT2D eigenvalue weighted by Crippen LogP contribution is -2.13. The molecule has 31 heavy (non-hydrogen) atoms. The fourth-order valence-electron chi connectivity index (χ4n) is 2.41. The van der Waals surface area contributed by atoms with Crippen LogP contribution in [0.2, 0.25) is 5.02 Å². The molecule has 2 rings (SSSR count). The third kappa shape index (κ3) is 7.60. The molecule has 2 aromatic rings. The molecule has 1 N–H and O–H groups in total. The molecule has 0 amide bonds. The Kier molecular flexibility index (Phi) is 8.96.